The van der Waals surface area contributed by atoms with E-state index in [1.165, 1.54) is 12.3 Å². The number of anilines is 4. The molecular weight excluding hydrogens is 375 g/mol. The highest BCUT2D eigenvalue weighted by Crippen LogP contribution is 2.24. The standard InChI is InChI=1S/C19H23FN8O/c1-12-9-17(27-26-12)23-16-10-18(28-5-7-29-8-6-28)25-19(24-16)22-13(2)15-4-3-14(20)11-21-15/h3-4,9-11,13H,5-8H2,1-2H3,(H3,22,23,24,25,26,27)/t13-/m0/s1. The van der Waals surface area contributed by atoms with Crippen molar-refractivity contribution in [2.45, 2.75) is 19.9 Å². The molecule has 3 N–H and O–H groups in total. The van der Waals surface area contributed by atoms with Crippen molar-refractivity contribution >= 4 is 23.4 Å². The van der Waals surface area contributed by atoms with Crippen LogP contribution in [0.25, 0.3) is 0 Å². The van der Waals surface area contributed by atoms with Crippen molar-refractivity contribution in [1.82, 2.24) is 25.1 Å². The summed E-state index contributed by atoms with van der Waals surface area (Å²) in [5.41, 5.74) is 1.65. The Bertz CT molecular complexity index is 955. The molecule has 4 heterocycles. The highest BCUT2D eigenvalue weighted by Gasteiger charge is 2.17. The van der Waals surface area contributed by atoms with E-state index in [1.54, 1.807) is 6.07 Å². The second kappa shape index (κ2) is 8.39. The van der Waals surface area contributed by atoms with Crippen LogP contribution in [0.15, 0.2) is 30.5 Å². The van der Waals surface area contributed by atoms with Gasteiger partial charge < -0.3 is 20.3 Å². The Morgan fingerprint density at radius 3 is 2.69 bits per heavy atom. The molecule has 152 valence electrons. The lowest BCUT2D eigenvalue weighted by atomic mass is 10.2. The van der Waals surface area contributed by atoms with Crippen LogP contribution in [0.2, 0.25) is 0 Å². The number of morpholine rings is 1. The van der Waals surface area contributed by atoms with Crippen molar-refractivity contribution in [3.8, 4) is 0 Å². The molecule has 0 bridgehead atoms. The number of nitrogens with one attached hydrogen (secondary N) is 3. The van der Waals surface area contributed by atoms with Gasteiger partial charge in [0.2, 0.25) is 5.95 Å². The van der Waals surface area contributed by atoms with E-state index in [0.717, 1.165) is 24.6 Å². The van der Waals surface area contributed by atoms with Crippen molar-refractivity contribution in [3.05, 3.63) is 47.7 Å². The first-order valence-electron chi connectivity index (χ1n) is 9.45. The normalized spacial score (nSPS) is 15.2. The van der Waals surface area contributed by atoms with Crippen molar-refractivity contribution in [2.24, 2.45) is 0 Å². The Labute approximate surface area is 167 Å². The van der Waals surface area contributed by atoms with Crippen molar-refractivity contribution in [1.29, 1.82) is 0 Å². The molecule has 1 aliphatic heterocycles. The minimum absolute atomic E-state index is 0.198. The van der Waals surface area contributed by atoms with Crippen LogP contribution >= 0.6 is 0 Å². The first-order chi connectivity index (χ1) is 14.1. The number of nitrogens with zero attached hydrogens (tertiary/aromatic N) is 5. The van der Waals surface area contributed by atoms with Gasteiger partial charge in [0.15, 0.2) is 5.82 Å². The molecule has 1 fully saturated rings. The van der Waals surface area contributed by atoms with Crippen molar-refractivity contribution < 1.29 is 9.13 Å². The number of H-pyrrole nitrogens is 1. The quantitative estimate of drug-likeness (QED) is 0.582. The van der Waals surface area contributed by atoms with Gasteiger partial charge >= 0.3 is 0 Å². The number of ether oxygens (including phenoxy) is 1. The summed E-state index contributed by atoms with van der Waals surface area (Å²) in [7, 11) is 0. The fourth-order valence-electron chi connectivity index (χ4n) is 3.04. The number of aromatic nitrogens is 5. The maximum absolute atomic E-state index is 13.2. The van der Waals surface area contributed by atoms with Crippen LogP contribution in [-0.2, 0) is 4.74 Å². The zero-order valence-electron chi connectivity index (χ0n) is 16.3. The van der Waals surface area contributed by atoms with Gasteiger partial charge in [-0.1, -0.05) is 0 Å². The second-order valence-electron chi connectivity index (χ2n) is 6.86. The second-order valence-corrected chi connectivity index (χ2v) is 6.86. The molecule has 0 radical (unpaired) electrons. The minimum Gasteiger partial charge on any atom is -0.378 e. The average Bonchev–Trinajstić information content (AvgIpc) is 3.13. The third-order valence-electron chi connectivity index (χ3n) is 4.55. The van der Waals surface area contributed by atoms with Gasteiger partial charge in [0.25, 0.3) is 0 Å². The van der Waals surface area contributed by atoms with Gasteiger partial charge in [-0.2, -0.15) is 15.1 Å². The number of halogens is 1. The van der Waals surface area contributed by atoms with Crippen LogP contribution in [0.4, 0.5) is 27.8 Å². The highest BCUT2D eigenvalue weighted by molar-refractivity contribution is 5.60. The summed E-state index contributed by atoms with van der Waals surface area (Å²) in [5.74, 6) is 2.16. The minimum atomic E-state index is -0.368. The Hall–Kier alpha value is -3.27. The lowest BCUT2D eigenvalue weighted by Crippen LogP contribution is -2.37. The van der Waals surface area contributed by atoms with E-state index in [-0.39, 0.29) is 11.9 Å². The molecule has 9 nitrogen and oxygen atoms in total. The fraction of sp³-hybridized carbons (Fsp3) is 0.368. The van der Waals surface area contributed by atoms with Gasteiger partial charge in [0.05, 0.1) is 31.1 Å². The number of aromatic amines is 1. The molecular formula is C19H23FN8O. The van der Waals surface area contributed by atoms with Crippen molar-refractivity contribution in [2.75, 3.05) is 41.8 Å². The Morgan fingerprint density at radius 1 is 1.17 bits per heavy atom. The Balaban J connectivity index is 1.60. The molecule has 4 rings (SSSR count). The van der Waals surface area contributed by atoms with Gasteiger partial charge in [-0.15, -0.1) is 0 Å². The van der Waals surface area contributed by atoms with Gasteiger partial charge in [0, 0.05) is 30.9 Å². The molecule has 0 aliphatic carbocycles. The van der Waals surface area contributed by atoms with E-state index >= 15 is 0 Å². The van der Waals surface area contributed by atoms with Crippen LogP contribution in [0, 0.1) is 12.7 Å². The summed E-state index contributed by atoms with van der Waals surface area (Å²) < 4.78 is 18.6. The topological polar surface area (TPSA) is 104 Å². The van der Waals surface area contributed by atoms with E-state index in [9.17, 15) is 4.39 Å². The van der Waals surface area contributed by atoms with Gasteiger partial charge in [-0.05, 0) is 26.0 Å². The number of pyridine rings is 1. The summed E-state index contributed by atoms with van der Waals surface area (Å²) in [4.78, 5) is 15.5. The van der Waals surface area contributed by atoms with E-state index in [4.69, 9.17) is 4.74 Å². The highest BCUT2D eigenvalue weighted by atomic mass is 19.1. The third kappa shape index (κ3) is 4.77. The van der Waals surface area contributed by atoms with E-state index in [2.05, 4.69) is 40.7 Å². The van der Waals surface area contributed by atoms with Gasteiger partial charge in [0.1, 0.15) is 17.5 Å². The smallest absolute Gasteiger partial charge is 0.227 e. The van der Waals surface area contributed by atoms with E-state index in [0.29, 0.717) is 36.5 Å². The summed E-state index contributed by atoms with van der Waals surface area (Å²) >= 11 is 0. The number of aryl methyl sites for hydroxylation is 1. The molecule has 0 aromatic carbocycles. The van der Waals surface area contributed by atoms with Crippen LogP contribution < -0.4 is 15.5 Å². The van der Waals surface area contributed by atoms with Crippen LogP contribution in [-0.4, -0.2) is 51.5 Å². The molecule has 1 aliphatic rings. The first kappa shape index (κ1) is 19.1. The fourth-order valence-corrected chi connectivity index (χ4v) is 3.04. The largest absolute Gasteiger partial charge is 0.378 e. The monoisotopic (exact) mass is 398 g/mol. The maximum Gasteiger partial charge on any atom is 0.227 e. The van der Waals surface area contributed by atoms with Gasteiger partial charge in [-0.3, -0.25) is 10.1 Å². The molecule has 0 saturated carbocycles. The van der Waals surface area contributed by atoms with E-state index < -0.39 is 0 Å². The summed E-state index contributed by atoms with van der Waals surface area (Å²) in [5, 5.41) is 13.6. The zero-order valence-corrected chi connectivity index (χ0v) is 16.3. The number of hydrogen-bond donors (Lipinski definition) is 3. The van der Waals surface area contributed by atoms with E-state index in [1.807, 2.05) is 26.0 Å². The first-order valence-corrected chi connectivity index (χ1v) is 9.45. The molecule has 0 spiro atoms. The average molecular weight is 398 g/mol. The molecule has 10 heteroatoms. The summed E-state index contributed by atoms with van der Waals surface area (Å²) in [6.45, 7) is 6.68. The molecule has 0 unspecified atom stereocenters. The predicted molar refractivity (Wildman–Crippen MR) is 108 cm³/mol. The molecule has 1 atom stereocenters. The predicted octanol–water partition coefficient (Wildman–Crippen LogP) is 2.80. The SMILES string of the molecule is Cc1cc(Nc2cc(N3CCOCC3)nc(N[C@@H](C)c3ccc(F)cn3)n2)n[nH]1. The third-order valence-corrected chi connectivity index (χ3v) is 4.55. The maximum atomic E-state index is 13.2. The van der Waals surface area contributed by atoms with Crippen molar-refractivity contribution in [3.63, 3.8) is 0 Å². The molecule has 0 amide bonds. The molecule has 3 aromatic heterocycles. The molecule has 29 heavy (non-hydrogen) atoms. The summed E-state index contributed by atoms with van der Waals surface area (Å²) in [6.07, 6.45) is 1.20. The summed E-state index contributed by atoms with van der Waals surface area (Å²) in [6, 6.07) is 6.62. The lowest BCUT2D eigenvalue weighted by molar-refractivity contribution is 0.122. The zero-order chi connectivity index (χ0) is 20.2. The van der Waals surface area contributed by atoms with Gasteiger partial charge in [-0.25, -0.2) is 4.39 Å². The lowest BCUT2D eigenvalue weighted by Gasteiger charge is -2.28. The Morgan fingerprint density at radius 2 is 2.00 bits per heavy atom. The molecule has 1 saturated heterocycles. The van der Waals surface area contributed by atoms with Crippen LogP contribution in [0.3, 0.4) is 0 Å². The number of rotatable bonds is 6. The number of hydrogen-bond acceptors (Lipinski definition) is 8. The molecule has 3 aromatic rings. The Kier molecular flexibility index (Phi) is 5.52. The van der Waals surface area contributed by atoms with Crippen LogP contribution in [0.1, 0.15) is 24.4 Å². The van der Waals surface area contributed by atoms with Crippen LogP contribution in [0.5, 0.6) is 0 Å².